The molecule has 1 unspecified atom stereocenters. The molecule has 72 heavy (non-hydrogen) atoms. The minimum atomic E-state index is -0.599. The number of hydrogen-bond acceptors (Lipinski definition) is 10. The second-order valence-electron chi connectivity index (χ2n) is 18.1. The minimum absolute atomic E-state index is 0.0223. The summed E-state index contributed by atoms with van der Waals surface area (Å²) in [6.45, 7) is 7.75. The van der Waals surface area contributed by atoms with Crippen molar-refractivity contribution in [2.24, 2.45) is 23.7 Å². The predicted octanol–water partition coefficient (Wildman–Crippen LogP) is 10.6. The van der Waals surface area contributed by atoms with Crippen LogP contribution in [0.4, 0.5) is 32.3 Å². The van der Waals surface area contributed by atoms with Gasteiger partial charge in [-0.3, -0.25) is 24.2 Å². The molecule has 8 atom stereocenters. The van der Waals surface area contributed by atoms with Crippen molar-refractivity contribution in [2.45, 2.75) is 90.5 Å². The molecule has 0 radical (unpaired) electrons. The number of amides is 4. The number of nitrogens with zero attached hydrogens (tertiary/aromatic N) is 2. The van der Waals surface area contributed by atoms with Crippen LogP contribution >= 0.6 is 0 Å². The van der Waals surface area contributed by atoms with Crippen LogP contribution < -0.4 is 20.4 Å². The Morgan fingerprint density at radius 1 is 0.694 bits per heavy atom. The van der Waals surface area contributed by atoms with Gasteiger partial charge >= 0.3 is 24.1 Å². The molecule has 3 aliphatic carbocycles. The second kappa shape index (κ2) is 25.4. The first-order valence-electron chi connectivity index (χ1n) is 24.9. The maximum Gasteiger partial charge on any atom is 0.407 e. The fourth-order valence-electron chi connectivity index (χ4n) is 10.0. The third-order valence-corrected chi connectivity index (χ3v) is 13.2. The first-order valence-corrected chi connectivity index (χ1v) is 24.9. The van der Waals surface area contributed by atoms with E-state index in [1.165, 1.54) is 12.2 Å². The third kappa shape index (κ3) is 13.6. The fraction of sp³-hybridized carbons (Fsp3) is 0.345. The summed E-state index contributed by atoms with van der Waals surface area (Å²) in [5.74, 6) is -2.20. The lowest BCUT2D eigenvalue weighted by Gasteiger charge is -2.44. The molecule has 14 nitrogen and oxygen atoms in total. The average molecular weight is 977 g/mol. The molecule has 4 aromatic carbocycles. The van der Waals surface area contributed by atoms with E-state index in [9.17, 15) is 28.8 Å². The van der Waals surface area contributed by atoms with E-state index in [-0.39, 0.29) is 47.8 Å². The first-order chi connectivity index (χ1) is 34.9. The number of carbonyl (C=O) groups excluding carboxylic acids is 6. The number of benzene rings is 4. The van der Waals surface area contributed by atoms with Crippen LogP contribution in [0.2, 0.25) is 0 Å². The summed E-state index contributed by atoms with van der Waals surface area (Å²) in [7, 11) is 0. The third-order valence-electron chi connectivity index (χ3n) is 13.2. The summed E-state index contributed by atoms with van der Waals surface area (Å²) in [4.78, 5) is 79.8. The van der Waals surface area contributed by atoms with Crippen LogP contribution in [0.25, 0.3) is 0 Å². The molecular weight excluding hydrogens is 913 g/mol. The summed E-state index contributed by atoms with van der Waals surface area (Å²) < 4.78 is 21.1. The standard InChI is InChI=1S/2C29H32N2O5/c1-3-35-29(34)30-20-14-15-23-19(16-20)17-24-25(18(2)36-28(24)33)26(23)27(32)31(21-10-6-4-7-11-21)22-12-8-5-9-13-22;1-3-35-29(34)30-24-12-10-11-23(21-24)18-20-28(33)36-22(2)17-19-27(32)31(25-13-6-4-7-14-25)26-15-8-5-9-16-26/h4-13,17-18,20,23-26H,3,14-16H2,1-2H3,(H,30,34);4-9,11,13-20,22,24H,3,10,12,21H2,1-2H3,(H,30,34)/b;19-17-,20-18+/t18-,20-,23-,24-,25-,26+;22?,24-/m11/s1. The Morgan fingerprint density at radius 2 is 1.21 bits per heavy atom. The topological polar surface area (TPSA) is 170 Å². The van der Waals surface area contributed by atoms with E-state index >= 15 is 0 Å². The Labute approximate surface area is 421 Å². The van der Waals surface area contributed by atoms with Crippen molar-refractivity contribution in [2.75, 3.05) is 23.0 Å². The SMILES string of the molecule is CCOC(=O)N[C@@H]1CCC=C(/C=C/C(=O)OC(C)/C=C\C(=O)N(c2ccccc2)c2ccccc2)C1.CCOC(=O)N[C@@H]1CC[C@@H]2C(=C[C@H]3C(=O)O[C@H](C)[C@H]3[C@H]2C(=O)N(c2ccccc2)c2ccccc2)C1. The van der Waals surface area contributed by atoms with E-state index in [1.807, 2.05) is 140 Å². The predicted molar refractivity (Wildman–Crippen MR) is 275 cm³/mol. The lowest BCUT2D eigenvalue weighted by atomic mass is 9.61. The number of alkyl carbamates (subject to hydrolysis) is 2. The molecule has 1 saturated carbocycles. The van der Waals surface area contributed by atoms with Crippen LogP contribution in [-0.4, -0.2) is 73.4 Å². The van der Waals surface area contributed by atoms with Gasteiger partial charge < -0.3 is 29.6 Å². The van der Waals surface area contributed by atoms with Crippen LogP contribution in [-0.2, 0) is 38.1 Å². The number of fused-ring (bicyclic) bond motifs is 2. The van der Waals surface area contributed by atoms with Crippen LogP contribution in [0.3, 0.4) is 0 Å². The van der Waals surface area contributed by atoms with Crippen LogP contribution in [0, 0.1) is 23.7 Å². The van der Waals surface area contributed by atoms with Crippen LogP contribution in [0.5, 0.6) is 0 Å². The monoisotopic (exact) mass is 976 g/mol. The molecule has 4 aliphatic rings. The largest absolute Gasteiger partial charge is 0.462 e. The smallest absolute Gasteiger partial charge is 0.407 e. The van der Waals surface area contributed by atoms with Crippen molar-refractivity contribution in [3.05, 3.63) is 169 Å². The summed E-state index contributed by atoms with van der Waals surface area (Å²) in [6.07, 6.45) is 12.6. The number of para-hydroxylation sites is 4. The lowest BCUT2D eigenvalue weighted by molar-refractivity contribution is -0.143. The molecule has 1 saturated heterocycles. The van der Waals surface area contributed by atoms with Gasteiger partial charge in [0.2, 0.25) is 5.91 Å². The molecule has 0 aromatic heterocycles. The zero-order valence-corrected chi connectivity index (χ0v) is 41.3. The summed E-state index contributed by atoms with van der Waals surface area (Å²) >= 11 is 0. The van der Waals surface area contributed by atoms with Gasteiger partial charge in [0.15, 0.2) is 0 Å². The molecule has 0 bridgehead atoms. The molecule has 2 fully saturated rings. The Balaban J connectivity index is 0.000000211. The number of cyclic esters (lactones) is 1. The van der Waals surface area contributed by atoms with E-state index in [4.69, 9.17) is 18.9 Å². The van der Waals surface area contributed by atoms with Gasteiger partial charge in [0.05, 0.1) is 25.0 Å². The Hall–Kier alpha value is -7.74. The van der Waals surface area contributed by atoms with Gasteiger partial charge in [0.1, 0.15) is 12.2 Å². The van der Waals surface area contributed by atoms with Crippen molar-refractivity contribution >= 4 is 58.7 Å². The maximum absolute atomic E-state index is 14.5. The molecular formula is C58H64N4O10. The van der Waals surface area contributed by atoms with E-state index in [0.717, 1.165) is 59.6 Å². The highest BCUT2D eigenvalue weighted by atomic mass is 16.6. The second-order valence-corrected chi connectivity index (χ2v) is 18.1. The normalized spacial score (nSPS) is 22.5. The highest BCUT2D eigenvalue weighted by Gasteiger charge is 2.55. The number of rotatable bonds is 14. The lowest BCUT2D eigenvalue weighted by Crippen LogP contribution is -2.49. The highest BCUT2D eigenvalue weighted by molar-refractivity contribution is 6.07. The Morgan fingerprint density at radius 3 is 1.74 bits per heavy atom. The van der Waals surface area contributed by atoms with Crippen molar-refractivity contribution in [3.63, 3.8) is 0 Å². The zero-order valence-electron chi connectivity index (χ0n) is 41.3. The van der Waals surface area contributed by atoms with Crippen molar-refractivity contribution in [1.82, 2.24) is 10.6 Å². The van der Waals surface area contributed by atoms with Gasteiger partial charge in [-0.2, -0.15) is 0 Å². The van der Waals surface area contributed by atoms with Gasteiger partial charge in [0.25, 0.3) is 5.91 Å². The summed E-state index contributed by atoms with van der Waals surface area (Å²) in [5.41, 5.74) is 5.05. The Bertz CT molecular complexity index is 2540. The number of allylic oxidation sites excluding steroid dienone is 2. The van der Waals surface area contributed by atoms with Gasteiger partial charge in [-0.15, -0.1) is 0 Å². The summed E-state index contributed by atoms with van der Waals surface area (Å²) in [6, 6.07) is 37.9. The highest BCUT2D eigenvalue weighted by Crippen LogP contribution is 2.51. The van der Waals surface area contributed by atoms with E-state index in [1.54, 1.807) is 42.7 Å². The summed E-state index contributed by atoms with van der Waals surface area (Å²) in [5, 5.41) is 5.77. The zero-order chi connectivity index (χ0) is 51.0. The molecule has 2 N–H and O–H groups in total. The van der Waals surface area contributed by atoms with Gasteiger partial charge in [-0.05, 0) is 132 Å². The minimum Gasteiger partial charge on any atom is -0.462 e. The number of ether oxygens (including phenoxy) is 4. The molecule has 376 valence electrons. The number of anilines is 4. The maximum atomic E-state index is 14.5. The van der Waals surface area contributed by atoms with Gasteiger partial charge in [0, 0.05) is 52.9 Å². The molecule has 1 heterocycles. The molecule has 8 rings (SSSR count). The van der Waals surface area contributed by atoms with Gasteiger partial charge in [-0.25, -0.2) is 14.4 Å². The molecule has 1 aliphatic heterocycles. The van der Waals surface area contributed by atoms with Crippen LogP contribution in [0.1, 0.15) is 66.2 Å². The number of carbonyl (C=O) groups is 6. The average Bonchev–Trinajstić information content (AvgIpc) is 3.67. The number of esters is 2. The number of nitrogens with one attached hydrogen (secondary N) is 2. The molecule has 14 heteroatoms. The van der Waals surface area contributed by atoms with Crippen molar-refractivity contribution < 1.29 is 47.7 Å². The quantitative estimate of drug-likeness (QED) is 0.0537. The first kappa shape index (κ1) is 52.1. The van der Waals surface area contributed by atoms with Crippen LogP contribution in [0.15, 0.2) is 169 Å². The van der Waals surface area contributed by atoms with Crippen molar-refractivity contribution in [3.8, 4) is 0 Å². The van der Waals surface area contributed by atoms with Crippen molar-refractivity contribution in [1.29, 1.82) is 0 Å². The molecule has 4 aromatic rings. The molecule has 4 amide bonds. The van der Waals surface area contributed by atoms with Gasteiger partial charge in [-0.1, -0.05) is 96.6 Å². The Kier molecular flexibility index (Phi) is 18.4. The fourth-order valence-corrected chi connectivity index (χ4v) is 10.0. The van der Waals surface area contributed by atoms with E-state index < -0.39 is 36.1 Å². The number of hydrogen-bond donors (Lipinski definition) is 2. The molecule has 0 spiro atoms. The van der Waals surface area contributed by atoms with E-state index in [0.29, 0.717) is 26.1 Å². The van der Waals surface area contributed by atoms with E-state index in [2.05, 4.69) is 10.6 Å².